The van der Waals surface area contributed by atoms with E-state index >= 15 is 0 Å². The minimum atomic E-state index is 0.144. The molecule has 0 spiro atoms. The van der Waals surface area contributed by atoms with Gasteiger partial charge in [-0.05, 0) is 30.7 Å². The molecule has 3 aromatic heterocycles. The number of ether oxygens (including phenoxy) is 1. The first-order chi connectivity index (χ1) is 11.6. The molecule has 4 rings (SSSR count). The smallest absolute Gasteiger partial charge is 0.224 e. The molecule has 0 aliphatic heterocycles. The lowest BCUT2D eigenvalue weighted by atomic mass is 10.3. The van der Waals surface area contributed by atoms with Crippen LogP contribution in [0.15, 0.2) is 30.5 Å². The maximum atomic E-state index is 6.10. The minimum absolute atomic E-state index is 0.144. The molecule has 0 fully saturated rings. The Bertz CT molecular complexity index is 1040. The highest BCUT2D eigenvalue weighted by molar-refractivity contribution is 7.15. The van der Waals surface area contributed by atoms with Crippen molar-refractivity contribution in [2.75, 3.05) is 7.11 Å². The van der Waals surface area contributed by atoms with Crippen LogP contribution in [-0.2, 0) is 0 Å². The summed E-state index contributed by atoms with van der Waals surface area (Å²) < 4.78 is 6.83. The number of thiazole rings is 1. The molecule has 9 heteroatoms. The van der Waals surface area contributed by atoms with Gasteiger partial charge >= 0.3 is 0 Å². The van der Waals surface area contributed by atoms with Gasteiger partial charge in [0, 0.05) is 18.3 Å². The number of hydrogen-bond acceptors (Lipinski definition) is 7. The van der Waals surface area contributed by atoms with E-state index < -0.39 is 0 Å². The largest absolute Gasteiger partial charge is 0.497 e. The van der Waals surface area contributed by atoms with Gasteiger partial charge in [-0.25, -0.2) is 9.97 Å². The van der Waals surface area contributed by atoms with E-state index in [0.29, 0.717) is 17.0 Å². The lowest BCUT2D eigenvalue weighted by Crippen LogP contribution is -2.02. The highest BCUT2D eigenvalue weighted by Gasteiger charge is 2.13. The molecular formula is C15H11ClN6OS. The number of rotatable bonds is 3. The zero-order valence-electron chi connectivity index (χ0n) is 12.8. The van der Waals surface area contributed by atoms with E-state index in [0.717, 1.165) is 21.2 Å². The third-order valence-corrected chi connectivity index (χ3v) is 4.53. The zero-order valence-corrected chi connectivity index (χ0v) is 14.3. The normalized spacial score (nSPS) is 11.1. The van der Waals surface area contributed by atoms with Gasteiger partial charge in [0.1, 0.15) is 11.3 Å². The lowest BCUT2D eigenvalue weighted by Gasteiger charge is -2.04. The predicted molar refractivity (Wildman–Crippen MR) is 91.9 cm³/mol. The van der Waals surface area contributed by atoms with E-state index in [9.17, 15) is 0 Å². The van der Waals surface area contributed by atoms with Crippen LogP contribution in [0.25, 0.3) is 27.4 Å². The monoisotopic (exact) mass is 358 g/mol. The highest BCUT2D eigenvalue weighted by Crippen LogP contribution is 2.27. The van der Waals surface area contributed by atoms with Gasteiger partial charge < -0.3 is 4.74 Å². The Hall–Kier alpha value is -2.58. The van der Waals surface area contributed by atoms with Crippen LogP contribution in [-0.4, -0.2) is 37.1 Å². The van der Waals surface area contributed by atoms with Gasteiger partial charge in [-0.2, -0.15) is 9.67 Å². The fraction of sp³-hybridized carbons (Fsp3) is 0.133. The average Bonchev–Trinajstić information content (AvgIpc) is 3.19. The van der Waals surface area contributed by atoms with Crippen molar-refractivity contribution >= 4 is 34.0 Å². The molecule has 1 aromatic carbocycles. The number of aromatic nitrogens is 6. The van der Waals surface area contributed by atoms with Gasteiger partial charge in [-0.1, -0.05) is 5.21 Å². The quantitative estimate of drug-likeness (QED) is 0.523. The second-order valence-electron chi connectivity index (χ2n) is 4.98. The third-order valence-electron chi connectivity index (χ3n) is 3.43. The first-order valence-electron chi connectivity index (χ1n) is 7.01. The summed E-state index contributed by atoms with van der Waals surface area (Å²) in [5, 5.41) is 9.43. The molecule has 3 heterocycles. The molecule has 24 heavy (non-hydrogen) atoms. The van der Waals surface area contributed by atoms with Crippen LogP contribution in [0.2, 0.25) is 5.28 Å². The molecular weight excluding hydrogens is 348 g/mol. The van der Waals surface area contributed by atoms with Crippen LogP contribution < -0.4 is 4.74 Å². The molecule has 0 radical (unpaired) electrons. The van der Waals surface area contributed by atoms with Crippen LogP contribution in [0.1, 0.15) is 5.01 Å². The molecule has 0 atom stereocenters. The van der Waals surface area contributed by atoms with Crippen LogP contribution in [0.5, 0.6) is 5.75 Å². The Labute approximate surface area is 145 Å². The third kappa shape index (κ3) is 2.59. The molecule has 120 valence electrons. The zero-order chi connectivity index (χ0) is 16.7. The van der Waals surface area contributed by atoms with E-state index in [-0.39, 0.29) is 5.28 Å². The van der Waals surface area contributed by atoms with Gasteiger partial charge in [-0.3, -0.25) is 0 Å². The summed E-state index contributed by atoms with van der Waals surface area (Å²) in [6, 6.07) is 7.35. The van der Waals surface area contributed by atoms with Crippen molar-refractivity contribution in [2.24, 2.45) is 0 Å². The summed E-state index contributed by atoms with van der Waals surface area (Å²) in [6.07, 6.45) is 1.77. The van der Waals surface area contributed by atoms with Gasteiger partial charge in [0.2, 0.25) is 5.28 Å². The average molecular weight is 359 g/mol. The second kappa shape index (κ2) is 5.81. The Morgan fingerprint density at radius 1 is 1.21 bits per heavy atom. The summed E-state index contributed by atoms with van der Waals surface area (Å²) in [7, 11) is 1.61. The molecule has 0 saturated carbocycles. The first-order valence-corrected chi connectivity index (χ1v) is 8.21. The number of fused-ring (bicyclic) bond motifs is 1. The Kier molecular flexibility index (Phi) is 3.62. The Morgan fingerprint density at radius 3 is 2.83 bits per heavy atom. The predicted octanol–water partition coefficient (Wildman–Crippen LogP) is 3.30. The summed E-state index contributed by atoms with van der Waals surface area (Å²) in [4.78, 5) is 13.7. The number of hydrogen-bond donors (Lipinski definition) is 0. The van der Waals surface area contributed by atoms with Gasteiger partial charge in [0.25, 0.3) is 0 Å². The number of benzene rings is 1. The standard InChI is InChI=1S/C15H11ClN6OS/c1-8-17-7-13(24-8)11-6-14(19-15(16)18-11)22-12-4-3-9(23-2)5-10(12)20-21-22/h3-7H,1-2H3. The fourth-order valence-electron chi connectivity index (χ4n) is 2.32. The van der Waals surface area contributed by atoms with E-state index in [1.54, 1.807) is 29.3 Å². The molecule has 0 amide bonds. The molecule has 0 unspecified atom stereocenters. The molecule has 0 saturated heterocycles. The summed E-state index contributed by atoms with van der Waals surface area (Å²) in [5.41, 5.74) is 2.21. The molecule has 0 aliphatic rings. The second-order valence-corrected chi connectivity index (χ2v) is 6.55. The fourth-order valence-corrected chi connectivity index (χ4v) is 3.24. The summed E-state index contributed by atoms with van der Waals surface area (Å²) in [5.74, 6) is 1.26. The molecule has 4 aromatic rings. The number of aryl methyl sites for hydroxylation is 1. The summed E-state index contributed by atoms with van der Waals surface area (Å²) in [6.45, 7) is 1.94. The molecule has 0 aliphatic carbocycles. The van der Waals surface area contributed by atoms with Crippen LogP contribution in [0.4, 0.5) is 0 Å². The van der Waals surface area contributed by atoms with Crippen LogP contribution >= 0.6 is 22.9 Å². The topological polar surface area (TPSA) is 78.6 Å². The van der Waals surface area contributed by atoms with Gasteiger partial charge in [0.05, 0.1) is 28.2 Å². The van der Waals surface area contributed by atoms with Crippen LogP contribution in [0, 0.1) is 6.92 Å². The van der Waals surface area contributed by atoms with Crippen molar-refractivity contribution in [3.8, 4) is 22.1 Å². The minimum Gasteiger partial charge on any atom is -0.497 e. The first kappa shape index (κ1) is 15.0. The molecule has 0 bridgehead atoms. The van der Waals surface area contributed by atoms with Gasteiger partial charge in [0.15, 0.2) is 5.82 Å². The van der Waals surface area contributed by atoms with Crippen molar-refractivity contribution < 1.29 is 4.74 Å². The van der Waals surface area contributed by atoms with E-state index in [2.05, 4.69) is 25.3 Å². The summed E-state index contributed by atoms with van der Waals surface area (Å²) >= 11 is 7.65. The van der Waals surface area contributed by atoms with Crippen molar-refractivity contribution in [3.63, 3.8) is 0 Å². The number of halogens is 1. The Balaban J connectivity index is 1.86. The highest BCUT2D eigenvalue weighted by atomic mass is 35.5. The lowest BCUT2D eigenvalue weighted by molar-refractivity contribution is 0.415. The van der Waals surface area contributed by atoms with Crippen molar-refractivity contribution in [1.29, 1.82) is 0 Å². The number of nitrogens with zero attached hydrogens (tertiary/aromatic N) is 6. The van der Waals surface area contributed by atoms with E-state index in [4.69, 9.17) is 16.3 Å². The van der Waals surface area contributed by atoms with E-state index in [1.165, 1.54) is 0 Å². The Morgan fingerprint density at radius 2 is 2.08 bits per heavy atom. The van der Waals surface area contributed by atoms with Crippen molar-refractivity contribution in [3.05, 3.63) is 40.8 Å². The van der Waals surface area contributed by atoms with Crippen molar-refractivity contribution in [2.45, 2.75) is 6.92 Å². The molecule has 7 nitrogen and oxygen atoms in total. The number of methoxy groups -OCH3 is 1. The maximum Gasteiger partial charge on any atom is 0.224 e. The van der Waals surface area contributed by atoms with E-state index in [1.807, 2.05) is 31.2 Å². The molecule has 0 N–H and O–H groups in total. The SMILES string of the molecule is COc1ccc2c(c1)nnn2-c1cc(-c2cnc(C)s2)nc(Cl)n1. The van der Waals surface area contributed by atoms with Crippen molar-refractivity contribution in [1.82, 2.24) is 29.9 Å². The van der Waals surface area contributed by atoms with Gasteiger partial charge in [-0.15, -0.1) is 16.4 Å². The maximum absolute atomic E-state index is 6.10. The van der Waals surface area contributed by atoms with Crippen LogP contribution in [0.3, 0.4) is 0 Å².